The van der Waals surface area contributed by atoms with Gasteiger partial charge in [-0.15, -0.1) is 0 Å². The molecule has 0 N–H and O–H groups in total. The zero-order chi connectivity index (χ0) is 24.2. The number of fused-ring (bicyclic) bond motifs is 2. The Morgan fingerprint density at radius 3 is 2.58 bits per heavy atom. The van der Waals surface area contributed by atoms with Crippen LogP contribution in [0.2, 0.25) is 0 Å². The number of rotatable bonds is 5. The van der Waals surface area contributed by atoms with Crippen LogP contribution in [-0.4, -0.2) is 36.2 Å². The lowest BCUT2D eigenvalue weighted by Crippen LogP contribution is -2.57. The molecule has 0 bridgehead atoms. The van der Waals surface area contributed by atoms with Crippen LogP contribution in [0, 0.1) is 10.8 Å². The number of Topliss-reactive ketones (excluding diaryl/α,β-unsaturated/α-hetero) is 1. The molecule has 0 radical (unpaired) electrons. The lowest BCUT2D eigenvalue weighted by Gasteiger charge is -2.54. The first-order chi connectivity index (χ1) is 15.3. The Bertz CT molecular complexity index is 996. The molecule has 4 aliphatic rings. The van der Waals surface area contributed by atoms with Gasteiger partial charge in [-0.05, 0) is 65.2 Å². The van der Waals surface area contributed by atoms with Crippen molar-refractivity contribution in [3.63, 3.8) is 0 Å². The summed E-state index contributed by atoms with van der Waals surface area (Å²) < 4.78 is 19.4. The number of allylic oxidation sites excluding steroid dienone is 7. The Morgan fingerprint density at radius 1 is 1.18 bits per heavy atom. The minimum Gasteiger partial charge on any atom is -0.466 e. The average Bonchev–Trinajstić information content (AvgIpc) is 3.17. The molecule has 4 atom stereocenters. The van der Waals surface area contributed by atoms with Gasteiger partial charge in [-0.2, -0.15) is 0 Å². The summed E-state index contributed by atoms with van der Waals surface area (Å²) in [6.45, 7) is 12.6. The van der Waals surface area contributed by atoms with Crippen LogP contribution >= 0.6 is 0 Å². The van der Waals surface area contributed by atoms with E-state index in [1.165, 1.54) is 12.2 Å². The molecule has 0 aromatic carbocycles. The number of carbonyl (C=O) groups excluding carboxylic acids is 2. The van der Waals surface area contributed by atoms with E-state index in [0.717, 1.165) is 30.6 Å². The Morgan fingerprint density at radius 2 is 1.91 bits per heavy atom. The maximum Gasteiger partial charge on any atom is 0.219 e. The summed E-state index contributed by atoms with van der Waals surface area (Å²) in [5, 5.41) is 0. The van der Waals surface area contributed by atoms with E-state index in [2.05, 4.69) is 40.7 Å². The summed E-state index contributed by atoms with van der Waals surface area (Å²) in [5.74, 6) is 0.0418. The van der Waals surface area contributed by atoms with E-state index in [-0.39, 0.29) is 28.5 Å². The molecule has 2 fully saturated rings. The van der Waals surface area contributed by atoms with Crippen molar-refractivity contribution in [1.29, 1.82) is 0 Å². The molecular formula is C28H38O5. The highest BCUT2D eigenvalue weighted by molar-refractivity contribution is 6.20. The third-order valence-electron chi connectivity index (χ3n) is 8.64. The Kier molecular flexibility index (Phi) is 5.90. The molecule has 33 heavy (non-hydrogen) atoms. The zero-order valence-corrected chi connectivity index (χ0v) is 21.2. The Hall–Kier alpha value is -1.98. The van der Waals surface area contributed by atoms with Crippen molar-refractivity contribution in [2.75, 3.05) is 7.11 Å². The van der Waals surface area contributed by atoms with Crippen LogP contribution < -0.4 is 0 Å². The van der Waals surface area contributed by atoms with Gasteiger partial charge < -0.3 is 14.2 Å². The maximum absolute atomic E-state index is 12.4. The Labute approximate surface area is 197 Å². The van der Waals surface area contributed by atoms with E-state index < -0.39 is 11.4 Å². The highest BCUT2D eigenvalue weighted by atomic mass is 16.7. The van der Waals surface area contributed by atoms with Crippen LogP contribution in [0.15, 0.2) is 46.8 Å². The number of ether oxygens (including phenoxy) is 3. The van der Waals surface area contributed by atoms with E-state index in [1.54, 1.807) is 14.0 Å². The Balaban J connectivity index is 1.58. The molecule has 4 rings (SSSR count). The fraction of sp³-hybridized carbons (Fsp3) is 0.643. The van der Waals surface area contributed by atoms with Gasteiger partial charge in [0.25, 0.3) is 0 Å². The van der Waals surface area contributed by atoms with Gasteiger partial charge in [0.1, 0.15) is 5.76 Å². The van der Waals surface area contributed by atoms with Crippen molar-refractivity contribution in [1.82, 2.24) is 0 Å². The molecule has 180 valence electrons. The first-order valence-electron chi connectivity index (χ1n) is 12.1. The van der Waals surface area contributed by atoms with Crippen LogP contribution in [0.5, 0.6) is 0 Å². The molecule has 1 saturated carbocycles. The number of methoxy groups -OCH3 is 1. The summed E-state index contributed by atoms with van der Waals surface area (Å²) in [7, 11) is 1.75. The largest absolute Gasteiger partial charge is 0.466 e. The predicted molar refractivity (Wildman–Crippen MR) is 127 cm³/mol. The first kappa shape index (κ1) is 24.2. The number of ketones is 2. The lowest BCUT2D eigenvalue weighted by molar-refractivity contribution is -0.309. The van der Waals surface area contributed by atoms with Crippen LogP contribution in [0.1, 0.15) is 80.1 Å². The van der Waals surface area contributed by atoms with Crippen LogP contribution in [0.4, 0.5) is 0 Å². The van der Waals surface area contributed by atoms with Crippen molar-refractivity contribution in [2.45, 2.75) is 97.6 Å². The van der Waals surface area contributed by atoms with Crippen LogP contribution in [0.25, 0.3) is 0 Å². The SMILES string of the molecule is CO[C@@H]1C[C@]2(OC(C/C(C)=C/CC3=CC(=O)C=C(C)C3=O)=C[C@@]3(C)CCC[C@@]23C)OC1(C)C. The van der Waals surface area contributed by atoms with Gasteiger partial charge in [0.2, 0.25) is 5.79 Å². The highest BCUT2D eigenvalue weighted by Crippen LogP contribution is 2.67. The zero-order valence-electron chi connectivity index (χ0n) is 21.2. The number of hydrogen-bond donors (Lipinski definition) is 0. The highest BCUT2D eigenvalue weighted by Gasteiger charge is 2.70. The second-order valence-electron chi connectivity index (χ2n) is 11.4. The second-order valence-corrected chi connectivity index (χ2v) is 11.4. The number of carbonyl (C=O) groups is 2. The van der Waals surface area contributed by atoms with Crippen molar-refractivity contribution in [3.8, 4) is 0 Å². The molecule has 2 aliphatic carbocycles. The van der Waals surface area contributed by atoms with E-state index in [1.807, 2.05) is 6.08 Å². The molecule has 5 nitrogen and oxygen atoms in total. The minimum absolute atomic E-state index is 0.0181. The van der Waals surface area contributed by atoms with Gasteiger partial charge in [0, 0.05) is 41.9 Å². The minimum atomic E-state index is -0.719. The van der Waals surface area contributed by atoms with Crippen molar-refractivity contribution in [3.05, 3.63) is 46.8 Å². The molecular weight excluding hydrogens is 416 g/mol. The van der Waals surface area contributed by atoms with Crippen LogP contribution in [-0.2, 0) is 23.8 Å². The fourth-order valence-corrected chi connectivity index (χ4v) is 6.41. The smallest absolute Gasteiger partial charge is 0.219 e. The molecule has 2 heterocycles. The monoisotopic (exact) mass is 454 g/mol. The van der Waals surface area contributed by atoms with Gasteiger partial charge >= 0.3 is 0 Å². The van der Waals surface area contributed by atoms with E-state index in [4.69, 9.17) is 14.2 Å². The molecule has 1 saturated heterocycles. The molecule has 0 amide bonds. The summed E-state index contributed by atoms with van der Waals surface area (Å²) >= 11 is 0. The lowest BCUT2D eigenvalue weighted by atomic mass is 9.60. The van der Waals surface area contributed by atoms with Crippen molar-refractivity contribution in [2.24, 2.45) is 10.8 Å². The van der Waals surface area contributed by atoms with Crippen LogP contribution in [0.3, 0.4) is 0 Å². The first-order valence-corrected chi connectivity index (χ1v) is 12.1. The maximum atomic E-state index is 12.4. The van der Waals surface area contributed by atoms with Gasteiger partial charge in [-0.1, -0.05) is 31.9 Å². The second kappa shape index (κ2) is 8.06. The van der Waals surface area contributed by atoms with E-state index in [9.17, 15) is 9.59 Å². The summed E-state index contributed by atoms with van der Waals surface area (Å²) in [4.78, 5) is 24.2. The summed E-state index contributed by atoms with van der Waals surface area (Å²) in [6.07, 6.45) is 12.3. The molecule has 0 aromatic rings. The third-order valence-corrected chi connectivity index (χ3v) is 8.64. The molecule has 5 heteroatoms. The summed E-state index contributed by atoms with van der Waals surface area (Å²) in [5.41, 5.74) is 1.58. The molecule has 2 aliphatic heterocycles. The van der Waals surface area contributed by atoms with Gasteiger partial charge in [0.05, 0.1) is 11.7 Å². The van der Waals surface area contributed by atoms with Gasteiger partial charge in [-0.3, -0.25) is 9.59 Å². The predicted octanol–water partition coefficient (Wildman–Crippen LogP) is 5.76. The quantitative estimate of drug-likeness (QED) is 0.390. The third kappa shape index (κ3) is 3.87. The number of hydrogen-bond acceptors (Lipinski definition) is 5. The summed E-state index contributed by atoms with van der Waals surface area (Å²) in [6, 6.07) is 0. The van der Waals surface area contributed by atoms with Crippen molar-refractivity contribution < 1.29 is 23.8 Å². The fourth-order valence-electron chi connectivity index (χ4n) is 6.41. The normalized spacial score (nSPS) is 38.1. The van der Waals surface area contributed by atoms with Crippen molar-refractivity contribution >= 4 is 11.6 Å². The molecule has 0 aromatic heterocycles. The average molecular weight is 455 g/mol. The topological polar surface area (TPSA) is 61.8 Å². The molecule has 0 unspecified atom stereocenters. The van der Waals surface area contributed by atoms with Gasteiger partial charge in [-0.25, -0.2) is 0 Å². The van der Waals surface area contributed by atoms with E-state index >= 15 is 0 Å². The van der Waals surface area contributed by atoms with E-state index in [0.29, 0.717) is 30.4 Å². The standard InChI is InChI=1S/C28H38O5/c1-18(9-10-20-15-21(29)14-19(2)24(20)30)13-22-16-26(5)11-8-12-27(26,6)28(32-22)17-23(31-7)25(3,4)33-28/h9,14-16,23H,8,10-13,17H2,1-7H3/b18-9+/t23-,26-,27-,28+/m1/s1. The van der Waals surface area contributed by atoms with Gasteiger partial charge in [0.15, 0.2) is 11.6 Å². The molecule has 1 spiro atoms.